The molecule has 0 saturated carbocycles. The maximum Gasteiger partial charge on any atom is 0.0410 e. The van der Waals surface area contributed by atoms with Gasteiger partial charge in [-0.05, 0) is 58.4 Å². The fraction of sp³-hybridized carbons (Fsp3) is 0.417. The Balaban J connectivity index is 1.94. The van der Waals surface area contributed by atoms with Gasteiger partial charge in [0.2, 0.25) is 0 Å². The molecule has 0 radical (unpaired) electrons. The van der Waals surface area contributed by atoms with E-state index in [9.17, 15) is 0 Å². The molecule has 0 amide bonds. The van der Waals surface area contributed by atoms with Gasteiger partial charge >= 0.3 is 0 Å². The summed E-state index contributed by atoms with van der Waals surface area (Å²) in [5.74, 6) is 0.819. The molecule has 0 spiro atoms. The summed E-state index contributed by atoms with van der Waals surface area (Å²) in [5.41, 5.74) is 2.69. The largest absolute Gasteiger partial charge is 0.310 e. The number of hydrogen-bond donors (Lipinski definition) is 1. The van der Waals surface area contributed by atoms with E-state index in [1.807, 2.05) is 12.4 Å². The van der Waals surface area contributed by atoms with Gasteiger partial charge in [-0.15, -0.1) is 0 Å². The molecule has 2 nitrogen and oxygen atoms in total. The highest BCUT2D eigenvalue weighted by Gasteiger charge is 2.33. The standard InChI is InChI=1S/C12H13BrN2/c13-10-5-9(6-14-7-10)11-2-1-8-3-4-15-12(8)11/h2,5-8,12,15H,1,3-4H2/t8-,12+/m0/s1. The number of pyridine rings is 1. The predicted octanol–water partition coefficient (Wildman–Crippen LogP) is 2.61. The molecular weight excluding hydrogens is 252 g/mol. The normalized spacial score (nSPS) is 29.0. The van der Waals surface area contributed by atoms with Crippen LogP contribution in [0.2, 0.25) is 0 Å². The number of rotatable bonds is 1. The van der Waals surface area contributed by atoms with Crippen molar-refractivity contribution in [2.45, 2.75) is 18.9 Å². The van der Waals surface area contributed by atoms with Crippen LogP contribution in [-0.4, -0.2) is 17.6 Å². The molecule has 0 bridgehead atoms. The van der Waals surface area contributed by atoms with Crippen LogP contribution in [0.5, 0.6) is 0 Å². The molecule has 1 aromatic rings. The Morgan fingerprint density at radius 2 is 2.33 bits per heavy atom. The average molecular weight is 265 g/mol. The van der Waals surface area contributed by atoms with Crippen molar-refractivity contribution in [1.29, 1.82) is 0 Å². The lowest BCUT2D eigenvalue weighted by Crippen LogP contribution is -2.24. The summed E-state index contributed by atoms with van der Waals surface area (Å²) in [5, 5.41) is 3.58. The van der Waals surface area contributed by atoms with Crippen LogP contribution in [0.3, 0.4) is 0 Å². The van der Waals surface area contributed by atoms with Gasteiger partial charge < -0.3 is 5.32 Å². The Kier molecular flexibility index (Phi) is 2.37. The minimum absolute atomic E-state index is 0.570. The first-order valence-electron chi connectivity index (χ1n) is 5.39. The fourth-order valence-corrected chi connectivity index (χ4v) is 3.01. The number of hydrogen-bond acceptors (Lipinski definition) is 2. The first kappa shape index (κ1) is 9.55. The van der Waals surface area contributed by atoms with E-state index in [0.29, 0.717) is 6.04 Å². The second kappa shape index (κ2) is 3.72. The number of fused-ring (bicyclic) bond motifs is 1. The summed E-state index contributed by atoms with van der Waals surface area (Å²) in [6.45, 7) is 1.16. The summed E-state index contributed by atoms with van der Waals surface area (Å²) < 4.78 is 1.06. The van der Waals surface area contributed by atoms with Crippen molar-refractivity contribution < 1.29 is 0 Å². The summed E-state index contributed by atoms with van der Waals surface area (Å²) in [4.78, 5) is 4.23. The zero-order valence-electron chi connectivity index (χ0n) is 8.41. The van der Waals surface area contributed by atoms with Gasteiger partial charge in [0.15, 0.2) is 0 Å². The van der Waals surface area contributed by atoms with Crippen LogP contribution in [0.25, 0.3) is 5.57 Å². The Labute approximate surface area is 97.9 Å². The number of aromatic nitrogens is 1. The molecule has 1 fully saturated rings. The zero-order chi connectivity index (χ0) is 10.3. The van der Waals surface area contributed by atoms with Gasteiger partial charge in [0.25, 0.3) is 0 Å². The van der Waals surface area contributed by atoms with E-state index in [1.54, 1.807) is 0 Å². The maximum absolute atomic E-state index is 4.23. The van der Waals surface area contributed by atoms with Gasteiger partial charge in [-0.1, -0.05) is 6.08 Å². The van der Waals surface area contributed by atoms with Crippen molar-refractivity contribution >= 4 is 21.5 Å². The van der Waals surface area contributed by atoms with Crippen molar-refractivity contribution in [3.8, 4) is 0 Å². The molecule has 1 aliphatic heterocycles. The molecule has 2 atom stereocenters. The van der Waals surface area contributed by atoms with Gasteiger partial charge in [0.1, 0.15) is 0 Å². The fourth-order valence-electron chi connectivity index (χ4n) is 2.65. The minimum Gasteiger partial charge on any atom is -0.310 e. The van der Waals surface area contributed by atoms with E-state index in [0.717, 1.165) is 16.9 Å². The molecule has 0 unspecified atom stereocenters. The zero-order valence-corrected chi connectivity index (χ0v) is 10.00. The van der Waals surface area contributed by atoms with Crippen LogP contribution in [0.1, 0.15) is 18.4 Å². The lowest BCUT2D eigenvalue weighted by molar-refractivity contribution is 0.557. The molecule has 1 aliphatic carbocycles. The van der Waals surface area contributed by atoms with E-state index in [2.05, 4.69) is 38.4 Å². The summed E-state index contributed by atoms with van der Waals surface area (Å²) in [7, 11) is 0. The molecule has 2 aliphatic rings. The molecule has 1 aromatic heterocycles. The molecular formula is C12H13BrN2. The smallest absolute Gasteiger partial charge is 0.0410 e. The highest BCUT2D eigenvalue weighted by atomic mass is 79.9. The van der Waals surface area contributed by atoms with Crippen molar-refractivity contribution in [2.75, 3.05) is 6.54 Å². The van der Waals surface area contributed by atoms with E-state index in [1.165, 1.54) is 24.0 Å². The molecule has 15 heavy (non-hydrogen) atoms. The van der Waals surface area contributed by atoms with Crippen molar-refractivity contribution in [2.24, 2.45) is 5.92 Å². The van der Waals surface area contributed by atoms with Crippen LogP contribution in [0.4, 0.5) is 0 Å². The molecule has 1 N–H and O–H groups in total. The Morgan fingerprint density at radius 1 is 1.40 bits per heavy atom. The van der Waals surface area contributed by atoms with Crippen molar-refractivity contribution in [1.82, 2.24) is 10.3 Å². The SMILES string of the molecule is Brc1cncc(C2=CC[C@H]3CCN[C@@H]23)c1. The third-order valence-electron chi connectivity index (χ3n) is 3.36. The highest BCUT2D eigenvalue weighted by Crippen LogP contribution is 2.37. The Morgan fingerprint density at radius 3 is 3.20 bits per heavy atom. The van der Waals surface area contributed by atoms with Crippen LogP contribution >= 0.6 is 15.9 Å². The third kappa shape index (κ3) is 1.64. The molecule has 2 heterocycles. The van der Waals surface area contributed by atoms with E-state index in [-0.39, 0.29) is 0 Å². The molecule has 3 heteroatoms. The lowest BCUT2D eigenvalue weighted by Gasteiger charge is -2.14. The number of allylic oxidation sites excluding steroid dienone is 1. The number of halogens is 1. The second-order valence-electron chi connectivity index (χ2n) is 4.27. The van der Waals surface area contributed by atoms with E-state index in [4.69, 9.17) is 0 Å². The molecule has 1 saturated heterocycles. The van der Waals surface area contributed by atoms with Crippen molar-refractivity contribution in [3.63, 3.8) is 0 Å². The van der Waals surface area contributed by atoms with Gasteiger partial charge in [-0.25, -0.2) is 0 Å². The van der Waals surface area contributed by atoms with Gasteiger partial charge in [-0.3, -0.25) is 4.98 Å². The first-order valence-corrected chi connectivity index (χ1v) is 6.18. The van der Waals surface area contributed by atoms with Gasteiger partial charge in [0, 0.05) is 22.9 Å². The summed E-state index contributed by atoms with van der Waals surface area (Å²) in [6.07, 6.45) is 8.69. The average Bonchev–Trinajstić information content (AvgIpc) is 2.77. The highest BCUT2D eigenvalue weighted by molar-refractivity contribution is 9.10. The van der Waals surface area contributed by atoms with E-state index < -0.39 is 0 Å². The van der Waals surface area contributed by atoms with Crippen LogP contribution in [0.15, 0.2) is 29.0 Å². The third-order valence-corrected chi connectivity index (χ3v) is 3.80. The van der Waals surface area contributed by atoms with Gasteiger partial charge in [0.05, 0.1) is 0 Å². The molecule has 0 aromatic carbocycles. The number of nitrogens with one attached hydrogen (secondary N) is 1. The second-order valence-corrected chi connectivity index (χ2v) is 5.18. The topological polar surface area (TPSA) is 24.9 Å². The van der Waals surface area contributed by atoms with Gasteiger partial charge in [-0.2, -0.15) is 0 Å². The van der Waals surface area contributed by atoms with Crippen LogP contribution < -0.4 is 5.32 Å². The molecule has 3 rings (SSSR count). The maximum atomic E-state index is 4.23. The monoisotopic (exact) mass is 264 g/mol. The number of nitrogens with zero attached hydrogens (tertiary/aromatic N) is 1. The van der Waals surface area contributed by atoms with Crippen molar-refractivity contribution in [3.05, 3.63) is 34.6 Å². The summed E-state index contributed by atoms with van der Waals surface area (Å²) in [6, 6.07) is 2.72. The van der Waals surface area contributed by atoms with Crippen LogP contribution in [-0.2, 0) is 0 Å². The van der Waals surface area contributed by atoms with Crippen LogP contribution in [0, 0.1) is 5.92 Å². The summed E-state index contributed by atoms with van der Waals surface area (Å²) >= 11 is 3.47. The predicted molar refractivity (Wildman–Crippen MR) is 64.4 cm³/mol. The minimum atomic E-state index is 0.570. The van der Waals surface area contributed by atoms with E-state index >= 15 is 0 Å². The quantitative estimate of drug-likeness (QED) is 0.844. The lowest BCUT2D eigenvalue weighted by atomic mass is 9.97. The Hall–Kier alpha value is -0.670. The Bertz CT molecular complexity index is 414. The first-order chi connectivity index (χ1) is 7.34. The molecule has 78 valence electrons.